The average molecular weight is 350 g/mol. The van der Waals surface area contributed by atoms with Gasteiger partial charge in [0.25, 0.3) is 0 Å². The maximum Gasteiger partial charge on any atom is 0.233 e. The molecular formula is C17H16F2N2O4. The second-order valence-corrected chi connectivity index (χ2v) is 4.97. The number of benzene rings is 2. The van der Waals surface area contributed by atoms with Gasteiger partial charge < -0.3 is 20.1 Å². The second-order valence-electron chi connectivity index (χ2n) is 4.97. The Balaban J connectivity index is 1.97. The van der Waals surface area contributed by atoms with Gasteiger partial charge in [0.2, 0.25) is 11.8 Å². The first-order valence-corrected chi connectivity index (χ1v) is 7.19. The van der Waals surface area contributed by atoms with Gasteiger partial charge in [-0.05, 0) is 24.3 Å². The molecule has 0 aliphatic carbocycles. The topological polar surface area (TPSA) is 76.7 Å². The van der Waals surface area contributed by atoms with Crippen LogP contribution in [-0.2, 0) is 9.59 Å². The van der Waals surface area contributed by atoms with Crippen molar-refractivity contribution >= 4 is 23.2 Å². The van der Waals surface area contributed by atoms with Crippen LogP contribution >= 0.6 is 0 Å². The van der Waals surface area contributed by atoms with E-state index in [1.165, 1.54) is 20.3 Å². The number of nitrogens with one attached hydrogen (secondary N) is 2. The number of rotatable bonds is 6. The summed E-state index contributed by atoms with van der Waals surface area (Å²) in [5, 5.41) is 4.85. The van der Waals surface area contributed by atoms with Crippen molar-refractivity contribution in [2.45, 2.75) is 6.42 Å². The monoisotopic (exact) mass is 350 g/mol. The minimum atomic E-state index is -1.09. The molecule has 2 rings (SSSR count). The molecule has 0 spiro atoms. The van der Waals surface area contributed by atoms with Crippen molar-refractivity contribution < 1.29 is 27.8 Å². The van der Waals surface area contributed by atoms with Crippen molar-refractivity contribution in [2.24, 2.45) is 0 Å². The van der Waals surface area contributed by atoms with Gasteiger partial charge >= 0.3 is 0 Å². The fraction of sp³-hybridized carbons (Fsp3) is 0.176. The van der Waals surface area contributed by atoms with E-state index in [0.717, 1.165) is 12.1 Å². The number of hydrogen-bond acceptors (Lipinski definition) is 4. The zero-order chi connectivity index (χ0) is 18.4. The maximum absolute atomic E-state index is 13.1. The molecule has 0 unspecified atom stereocenters. The number of methoxy groups -OCH3 is 2. The number of halogens is 2. The van der Waals surface area contributed by atoms with Crippen LogP contribution in [0, 0.1) is 11.6 Å². The van der Waals surface area contributed by atoms with Crippen molar-refractivity contribution in [2.75, 3.05) is 24.9 Å². The molecule has 0 atom stereocenters. The predicted octanol–water partition coefficient (Wildman–Crippen LogP) is 2.95. The summed E-state index contributed by atoms with van der Waals surface area (Å²) in [6, 6.07) is 7.69. The molecule has 8 heteroatoms. The van der Waals surface area contributed by atoms with E-state index < -0.39 is 29.9 Å². The lowest BCUT2D eigenvalue weighted by Crippen LogP contribution is -2.21. The van der Waals surface area contributed by atoms with Crippen LogP contribution in [0.15, 0.2) is 36.4 Å². The Morgan fingerprint density at radius 2 is 1.64 bits per heavy atom. The molecule has 0 aromatic heterocycles. The Labute approximate surface area is 142 Å². The first kappa shape index (κ1) is 18.2. The molecule has 2 aromatic carbocycles. The quantitative estimate of drug-likeness (QED) is 0.786. The highest BCUT2D eigenvalue weighted by molar-refractivity contribution is 6.08. The predicted molar refractivity (Wildman–Crippen MR) is 87.8 cm³/mol. The lowest BCUT2D eigenvalue weighted by Gasteiger charge is -2.11. The SMILES string of the molecule is COc1ccc(NC(=O)CC(=O)Nc2ccc(F)c(F)c2)c(OC)c1. The fourth-order valence-corrected chi connectivity index (χ4v) is 2.02. The highest BCUT2D eigenvalue weighted by Crippen LogP contribution is 2.29. The van der Waals surface area contributed by atoms with Crippen molar-refractivity contribution in [3.05, 3.63) is 48.0 Å². The molecule has 0 heterocycles. The Hall–Kier alpha value is -3.16. The summed E-state index contributed by atoms with van der Waals surface area (Å²) in [5.41, 5.74) is 0.424. The van der Waals surface area contributed by atoms with Gasteiger partial charge in [0.1, 0.15) is 17.9 Å². The third-order valence-corrected chi connectivity index (χ3v) is 3.21. The standard InChI is InChI=1S/C17H16F2N2O4/c1-24-11-4-6-14(15(8-11)25-2)21-17(23)9-16(22)20-10-3-5-12(18)13(19)7-10/h3-8H,9H2,1-2H3,(H,20,22)(H,21,23). The lowest BCUT2D eigenvalue weighted by molar-refractivity contribution is -0.123. The number of ether oxygens (including phenoxy) is 2. The largest absolute Gasteiger partial charge is 0.497 e. The summed E-state index contributed by atoms with van der Waals surface area (Å²) in [7, 11) is 2.93. The molecule has 0 saturated heterocycles. The van der Waals surface area contributed by atoms with Crippen molar-refractivity contribution in [3.8, 4) is 11.5 Å². The second kappa shape index (κ2) is 8.09. The van der Waals surface area contributed by atoms with E-state index in [4.69, 9.17) is 9.47 Å². The first-order chi connectivity index (χ1) is 11.9. The number of hydrogen-bond donors (Lipinski definition) is 2. The number of carbonyl (C=O) groups excluding carboxylic acids is 2. The van der Waals surface area contributed by atoms with Crippen molar-refractivity contribution in [1.29, 1.82) is 0 Å². The van der Waals surface area contributed by atoms with Crippen LogP contribution in [0.25, 0.3) is 0 Å². The van der Waals surface area contributed by atoms with Crippen LogP contribution in [0.1, 0.15) is 6.42 Å². The summed E-state index contributed by atoms with van der Waals surface area (Å²) in [6.45, 7) is 0. The zero-order valence-electron chi connectivity index (χ0n) is 13.6. The molecule has 0 bridgehead atoms. The normalized spacial score (nSPS) is 10.1. The van der Waals surface area contributed by atoms with Crippen molar-refractivity contribution in [1.82, 2.24) is 0 Å². The molecule has 2 amide bonds. The van der Waals surface area contributed by atoms with Gasteiger partial charge in [-0.2, -0.15) is 0 Å². The molecule has 0 aliphatic rings. The van der Waals surface area contributed by atoms with E-state index in [2.05, 4.69) is 10.6 Å². The molecule has 2 N–H and O–H groups in total. The molecule has 6 nitrogen and oxygen atoms in total. The minimum absolute atomic E-state index is 0.0544. The number of carbonyl (C=O) groups is 2. The van der Waals surface area contributed by atoms with Gasteiger partial charge in [-0.1, -0.05) is 0 Å². The van der Waals surface area contributed by atoms with Gasteiger partial charge in [-0.15, -0.1) is 0 Å². The van der Waals surface area contributed by atoms with Crippen molar-refractivity contribution in [3.63, 3.8) is 0 Å². The van der Waals surface area contributed by atoms with E-state index in [1.807, 2.05) is 0 Å². The number of amides is 2. The van der Waals surface area contributed by atoms with Gasteiger partial charge in [-0.25, -0.2) is 8.78 Å². The molecule has 0 radical (unpaired) electrons. The molecule has 0 aliphatic heterocycles. The Kier molecular flexibility index (Phi) is 5.89. The van der Waals surface area contributed by atoms with Crippen LogP contribution < -0.4 is 20.1 Å². The molecule has 2 aromatic rings. The van der Waals surface area contributed by atoms with Gasteiger partial charge in [0, 0.05) is 17.8 Å². The van der Waals surface area contributed by atoms with Gasteiger partial charge in [0.05, 0.1) is 19.9 Å². The number of anilines is 2. The van der Waals surface area contributed by atoms with Crippen LogP contribution in [-0.4, -0.2) is 26.0 Å². The average Bonchev–Trinajstić information content (AvgIpc) is 2.58. The zero-order valence-corrected chi connectivity index (χ0v) is 13.6. The molecule has 132 valence electrons. The van der Waals surface area contributed by atoms with Gasteiger partial charge in [-0.3, -0.25) is 9.59 Å². The van der Waals surface area contributed by atoms with E-state index in [9.17, 15) is 18.4 Å². The smallest absolute Gasteiger partial charge is 0.233 e. The summed E-state index contributed by atoms with van der Waals surface area (Å²) in [4.78, 5) is 23.8. The molecule has 0 saturated carbocycles. The molecule has 25 heavy (non-hydrogen) atoms. The summed E-state index contributed by atoms with van der Waals surface area (Å²) >= 11 is 0. The summed E-state index contributed by atoms with van der Waals surface area (Å²) in [5.74, 6) is -2.47. The third kappa shape index (κ3) is 4.90. The minimum Gasteiger partial charge on any atom is -0.497 e. The molecular weight excluding hydrogens is 334 g/mol. The van der Waals surface area contributed by atoms with Crippen LogP contribution in [0.4, 0.5) is 20.2 Å². The molecule has 0 fully saturated rings. The van der Waals surface area contributed by atoms with Gasteiger partial charge in [0.15, 0.2) is 11.6 Å². The van der Waals surface area contributed by atoms with E-state index in [-0.39, 0.29) is 5.69 Å². The summed E-state index contributed by atoms with van der Waals surface area (Å²) < 4.78 is 36.1. The third-order valence-electron chi connectivity index (χ3n) is 3.21. The Bertz CT molecular complexity index is 796. The van der Waals surface area contributed by atoms with E-state index in [0.29, 0.717) is 17.2 Å². The maximum atomic E-state index is 13.1. The fourth-order valence-electron chi connectivity index (χ4n) is 2.02. The van der Waals surface area contributed by atoms with Crippen LogP contribution in [0.2, 0.25) is 0 Å². The highest BCUT2D eigenvalue weighted by Gasteiger charge is 2.14. The lowest BCUT2D eigenvalue weighted by atomic mass is 10.2. The van der Waals surface area contributed by atoms with E-state index >= 15 is 0 Å². The van der Waals surface area contributed by atoms with E-state index in [1.54, 1.807) is 18.2 Å². The summed E-state index contributed by atoms with van der Waals surface area (Å²) in [6.07, 6.45) is -0.506. The Morgan fingerprint density at radius 3 is 2.28 bits per heavy atom. The highest BCUT2D eigenvalue weighted by atomic mass is 19.2. The van der Waals surface area contributed by atoms with Crippen LogP contribution in [0.3, 0.4) is 0 Å². The van der Waals surface area contributed by atoms with Crippen LogP contribution in [0.5, 0.6) is 11.5 Å². The first-order valence-electron chi connectivity index (χ1n) is 7.19. The Morgan fingerprint density at radius 1 is 0.920 bits per heavy atom.